The van der Waals surface area contributed by atoms with E-state index in [-0.39, 0.29) is 10.6 Å². The van der Waals surface area contributed by atoms with Gasteiger partial charge in [-0.2, -0.15) is 0 Å². The molecule has 19 heavy (non-hydrogen) atoms. The van der Waals surface area contributed by atoms with E-state index in [4.69, 9.17) is 11.6 Å². The molecule has 0 heterocycles. The molecule has 2 aromatic carbocycles. The predicted octanol–water partition coefficient (Wildman–Crippen LogP) is 3.59. The summed E-state index contributed by atoms with van der Waals surface area (Å²) in [4.78, 5) is -0.398. The average Bonchev–Trinajstić information content (AvgIpc) is 2.34. The smallest absolute Gasteiger partial charge is 0.185 e. The van der Waals surface area contributed by atoms with Crippen LogP contribution < -0.4 is 0 Å². The molecule has 0 aliphatic carbocycles. The Hall–Kier alpha value is -1.46. The molecule has 0 spiro atoms. The third kappa shape index (κ3) is 3.11. The lowest BCUT2D eigenvalue weighted by atomic mass is 10.2. The van der Waals surface area contributed by atoms with E-state index in [9.17, 15) is 17.2 Å². The summed E-state index contributed by atoms with van der Waals surface area (Å²) in [5.74, 6) is -2.01. The van der Waals surface area contributed by atoms with Crippen molar-refractivity contribution >= 4 is 21.4 Å². The SMILES string of the molecule is O=S(=O)(Cc1ccc(Cl)c(F)c1)c1ccccc1F. The number of sulfone groups is 1. The molecule has 0 saturated heterocycles. The third-order valence-corrected chi connectivity index (χ3v) is 4.53. The van der Waals surface area contributed by atoms with Crippen molar-refractivity contribution in [1.29, 1.82) is 0 Å². The summed E-state index contributed by atoms with van der Waals surface area (Å²) in [6, 6.07) is 8.76. The predicted molar refractivity (Wildman–Crippen MR) is 68.7 cm³/mol. The van der Waals surface area contributed by atoms with Crippen molar-refractivity contribution in [2.24, 2.45) is 0 Å². The first-order chi connectivity index (χ1) is 8.90. The number of halogens is 3. The fourth-order valence-electron chi connectivity index (χ4n) is 1.62. The van der Waals surface area contributed by atoms with Crippen LogP contribution in [0.2, 0.25) is 5.02 Å². The lowest BCUT2D eigenvalue weighted by molar-refractivity contribution is 0.566. The second kappa shape index (κ2) is 5.27. The molecule has 0 atom stereocenters. The van der Waals surface area contributed by atoms with Crippen LogP contribution in [0.4, 0.5) is 8.78 Å². The molecule has 100 valence electrons. The van der Waals surface area contributed by atoms with Gasteiger partial charge in [0.2, 0.25) is 0 Å². The van der Waals surface area contributed by atoms with Crippen molar-refractivity contribution in [2.45, 2.75) is 10.6 Å². The van der Waals surface area contributed by atoms with Gasteiger partial charge in [-0.25, -0.2) is 17.2 Å². The molecule has 2 rings (SSSR count). The van der Waals surface area contributed by atoms with Gasteiger partial charge in [0.1, 0.15) is 16.5 Å². The van der Waals surface area contributed by atoms with Crippen molar-refractivity contribution in [3.8, 4) is 0 Å². The van der Waals surface area contributed by atoms with E-state index in [2.05, 4.69) is 0 Å². The van der Waals surface area contributed by atoms with Crippen LogP contribution in [0.25, 0.3) is 0 Å². The Bertz CT molecular complexity index is 714. The average molecular weight is 303 g/mol. The lowest BCUT2D eigenvalue weighted by Gasteiger charge is -2.06. The highest BCUT2D eigenvalue weighted by atomic mass is 35.5. The van der Waals surface area contributed by atoms with E-state index in [1.807, 2.05) is 0 Å². The highest BCUT2D eigenvalue weighted by molar-refractivity contribution is 7.90. The zero-order chi connectivity index (χ0) is 14.0. The zero-order valence-electron chi connectivity index (χ0n) is 9.61. The van der Waals surface area contributed by atoms with Gasteiger partial charge in [-0.1, -0.05) is 29.8 Å². The minimum Gasteiger partial charge on any atom is -0.223 e. The van der Waals surface area contributed by atoms with Gasteiger partial charge in [0.15, 0.2) is 9.84 Å². The maximum atomic E-state index is 13.5. The summed E-state index contributed by atoms with van der Waals surface area (Å²) in [5.41, 5.74) is 0.213. The highest BCUT2D eigenvalue weighted by Crippen LogP contribution is 2.22. The summed E-state index contributed by atoms with van der Waals surface area (Å²) in [7, 11) is -3.86. The third-order valence-electron chi connectivity index (χ3n) is 2.51. The lowest BCUT2D eigenvalue weighted by Crippen LogP contribution is -2.07. The van der Waals surface area contributed by atoms with E-state index in [0.717, 1.165) is 12.1 Å². The van der Waals surface area contributed by atoms with Gasteiger partial charge < -0.3 is 0 Å². The Labute approximate surface area is 114 Å². The van der Waals surface area contributed by atoms with Crippen LogP contribution in [0, 0.1) is 11.6 Å². The summed E-state index contributed by atoms with van der Waals surface area (Å²) < 4.78 is 50.7. The van der Waals surface area contributed by atoms with Crippen LogP contribution in [-0.2, 0) is 15.6 Å². The molecule has 0 saturated carbocycles. The van der Waals surface area contributed by atoms with Gasteiger partial charge in [-0.05, 0) is 29.8 Å². The summed E-state index contributed by atoms with van der Waals surface area (Å²) >= 11 is 5.51. The number of hydrogen-bond donors (Lipinski definition) is 0. The Balaban J connectivity index is 2.37. The van der Waals surface area contributed by atoms with Crippen LogP contribution in [0.1, 0.15) is 5.56 Å². The first-order valence-corrected chi connectivity index (χ1v) is 7.34. The van der Waals surface area contributed by atoms with Gasteiger partial charge in [0, 0.05) is 0 Å². The number of hydrogen-bond acceptors (Lipinski definition) is 2. The van der Waals surface area contributed by atoms with Crippen molar-refractivity contribution in [2.75, 3.05) is 0 Å². The van der Waals surface area contributed by atoms with Gasteiger partial charge >= 0.3 is 0 Å². The Kier molecular flexibility index (Phi) is 3.87. The van der Waals surface area contributed by atoms with Crippen molar-refractivity contribution in [3.63, 3.8) is 0 Å². The van der Waals surface area contributed by atoms with Crippen molar-refractivity contribution in [1.82, 2.24) is 0 Å². The summed E-state index contributed by atoms with van der Waals surface area (Å²) in [6.45, 7) is 0. The Morgan fingerprint density at radius 3 is 2.32 bits per heavy atom. The molecule has 6 heteroatoms. The largest absolute Gasteiger partial charge is 0.223 e. The van der Waals surface area contributed by atoms with Gasteiger partial charge in [0.25, 0.3) is 0 Å². The molecule has 0 aliphatic heterocycles. The molecule has 0 bridgehead atoms. The van der Waals surface area contributed by atoms with Crippen molar-refractivity contribution < 1.29 is 17.2 Å². The monoisotopic (exact) mass is 302 g/mol. The highest BCUT2D eigenvalue weighted by Gasteiger charge is 2.19. The van der Waals surface area contributed by atoms with Gasteiger partial charge in [0.05, 0.1) is 10.8 Å². The quantitative estimate of drug-likeness (QED) is 0.868. The number of rotatable bonds is 3. The van der Waals surface area contributed by atoms with E-state index in [1.54, 1.807) is 0 Å². The molecule has 0 radical (unpaired) electrons. The van der Waals surface area contributed by atoms with Crippen LogP contribution in [0.5, 0.6) is 0 Å². The maximum Gasteiger partial charge on any atom is 0.185 e. The second-order valence-corrected chi connectivity index (χ2v) is 6.30. The summed E-state index contributed by atoms with van der Waals surface area (Å²) in [5, 5.41) is -0.0907. The first-order valence-electron chi connectivity index (χ1n) is 5.31. The molecule has 0 fully saturated rings. The van der Waals surface area contributed by atoms with E-state index >= 15 is 0 Å². The first kappa shape index (κ1) is 14.0. The topological polar surface area (TPSA) is 34.1 Å². The van der Waals surface area contributed by atoms with Crippen molar-refractivity contribution in [3.05, 3.63) is 64.7 Å². The second-order valence-electron chi connectivity index (χ2n) is 3.94. The molecular weight excluding hydrogens is 294 g/mol. The maximum absolute atomic E-state index is 13.5. The van der Waals surface area contributed by atoms with Gasteiger partial charge in [-0.15, -0.1) is 0 Å². The van der Waals surface area contributed by atoms with Crippen LogP contribution >= 0.6 is 11.6 Å². The van der Waals surface area contributed by atoms with Crippen LogP contribution in [-0.4, -0.2) is 8.42 Å². The summed E-state index contributed by atoms with van der Waals surface area (Å²) in [6.07, 6.45) is 0. The minimum absolute atomic E-state index is 0.0907. The molecule has 2 nitrogen and oxygen atoms in total. The van der Waals surface area contributed by atoms with Crippen LogP contribution in [0.15, 0.2) is 47.4 Å². The molecule has 0 aromatic heterocycles. The normalized spacial score (nSPS) is 11.5. The van der Waals surface area contributed by atoms with E-state index in [0.29, 0.717) is 0 Å². The molecule has 0 unspecified atom stereocenters. The Morgan fingerprint density at radius 1 is 1.00 bits per heavy atom. The number of benzene rings is 2. The Morgan fingerprint density at radius 2 is 1.68 bits per heavy atom. The molecule has 2 aromatic rings. The van der Waals surface area contributed by atoms with Gasteiger partial charge in [-0.3, -0.25) is 0 Å². The van der Waals surface area contributed by atoms with Crippen LogP contribution in [0.3, 0.4) is 0 Å². The standard InChI is InChI=1S/C13H9ClF2O2S/c14-10-6-5-9(7-12(10)16)8-19(17,18)13-4-2-1-3-11(13)15/h1-7H,8H2. The van der Waals surface area contributed by atoms with E-state index in [1.165, 1.54) is 30.3 Å². The fraction of sp³-hybridized carbons (Fsp3) is 0.0769. The molecular formula is C13H9ClF2O2S. The molecule has 0 amide bonds. The zero-order valence-corrected chi connectivity index (χ0v) is 11.2. The molecule has 0 aliphatic rings. The fourth-order valence-corrected chi connectivity index (χ4v) is 3.17. The van der Waals surface area contributed by atoms with E-state index < -0.39 is 32.1 Å². The molecule has 0 N–H and O–H groups in total. The minimum atomic E-state index is -3.86.